The second-order valence-electron chi connectivity index (χ2n) is 5.97. The number of benzene rings is 1. The molecule has 3 amide bonds. The van der Waals surface area contributed by atoms with Crippen molar-refractivity contribution in [1.29, 1.82) is 0 Å². The number of hydrogen-bond acceptors (Lipinski definition) is 6. The van der Waals surface area contributed by atoms with Gasteiger partial charge in [0.2, 0.25) is 5.91 Å². The summed E-state index contributed by atoms with van der Waals surface area (Å²) < 4.78 is 10.9. The SMILES string of the molecule is CC(c1cccs1)N(C)CC(=O)NC(=O)Nc1ccc2c(c1)OCCO2. The Labute approximate surface area is 155 Å². The highest BCUT2D eigenvalue weighted by molar-refractivity contribution is 7.10. The van der Waals surface area contributed by atoms with Gasteiger partial charge in [-0.2, -0.15) is 0 Å². The molecule has 0 aliphatic carbocycles. The molecule has 0 saturated carbocycles. The lowest BCUT2D eigenvalue weighted by molar-refractivity contribution is -0.121. The lowest BCUT2D eigenvalue weighted by Crippen LogP contribution is -2.41. The number of anilines is 1. The Bertz CT molecular complexity index is 779. The Kier molecular flexibility index (Phi) is 5.75. The van der Waals surface area contributed by atoms with Crippen LogP contribution in [-0.4, -0.2) is 43.6 Å². The topological polar surface area (TPSA) is 79.9 Å². The molecule has 0 fully saturated rings. The number of imide groups is 1. The van der Waals surface area contributed by atoms with Crippen LogP contribution in [0.15, 0.2) is 35.7 Å². The largest absolute Gasteiger partial charge is 0.486 e. The number of thiophene rings is 1. The van der Waals surface area contributed by atoms with Gasteiger partial charge in [-0.3, -0.25) is 15.0 Å². The number of likely N-dealkylation sites (N-methyl/N-ethyl adjacent to an activating group) is 1. The maximum absolute atomic E-state index is 12.1. The molecule has 2 aromatic rings. The first-order chi connectivity index (χ1) is 12.5. The molecule has 1 atom stereocenters. The number of nitrogens with one attached hydrogen (secondary N) is 2. The molecule has 1 aliphatic rings. The van der Waals surface area contributed by atoms with E-state index in [0.29, 0.717) is 30.4 Å². The van der Waals surface area contributed by atoms with Crippen molar-refractivity contribution in [3.8, 4) is 11.5 Å². The van der Waals surface area contributed by atoms with Crippen LogP contribution in [0, 0.1) is 0 Å². The minimum absolute atomic E-state index is 0.0987. The van der Waals surface area contributed by atoms with Crippen LogP contribution >= 0.6 is 11.3 Å². The van der Waals surface area contributed by atoms with Gasteiger partial charge in [-0.25, -0.2) is 4.79 Å². The summed E-state index contributed by atoms with van der Waals surface area (Å²) in [5.74, 6) is 0.846. The maximum atomic E-state index is 12.1. The predicted molar refractivity (Wildman–Crippen MR) is 100.0 cm³/mol. The number of nitrogens with zero attached hydrogens (tertiary/aromatic N) is 1. The van der Waals surface area contributed by atoms with E-state index in [-0.39, 0.29) is 18.5 Å². The zero-order valence-electron chi connectivity index (χ0n) is 14.7. The second-order valence-corrected chi connectivity index (χ2v) is 6.95. The van der Waals surface area contributed by atoms with E-state index in [2.05, 4.69) is 10.6 Å². The van der Waals surface area contributed by atoms with Crippen molar-refractivity contribution in [1.82, 2.24) is 10.2 Å². The zero-order chi connectivity index (χ0) is 18.5. The minimum atomic E-state index is -0.580. The molecule has 26 heavy (non-hydrogen) atoms. The van der Waals surface area contributed by atoms with Gasteiger partial charge >= 0.3 is 6.03 Å². The van der Waals surface area contributed by atoms with Crippen molar-refractivity contribution >= 4 is 29.0 Å². The minimum Gasteiger partial charge on any atom is -0.486 e. The number of amides is 3. The summed E-state index contributed by atoms with van der Waals surface area (Å²) in [6.45, 7) is 3.12. The third-order valence-corrected chi connectivity index (χ3v) is 5.10. The molecule has 7 nitrogen and oxygen atoms in total. The van der Waals surface area contributed by atoms with Gasteiger partial charge in [0.15, 0.2) is 11.5 Å². The molecule has 0 radical (unpaired) electrons. The van der Waals surface area contributed by atoms with Gasteiger partial charge in [-0.05, 0) is 37.6 Å². The molecule has 1 aromatic heterocycles. The molecule has 0 bridgehead atoms. The second kappa shape index (κ2) is 8.20. The van der Waals surface area contributed by atoms with Crippen LogP contribution in [0.25, 0.3) is 0 Å². The highest BCUT2D eigenvalue weighted by Crippen LogP contribution is 2.32. The van der Waals surface area contributed by atoms with E-state index in [1.54, 1.807) is 29.5 Å². The Morgan fingerprint density at radius 1 is 1.23 bits per heavy atom. The van der Waals surface area contributed by atoms with E-state index < -0.39 is 6.03 Å². The van der Waals surface area contributed by atoms with Gasteiger partial charge in [0, 0.05) is 22.7 Å². The molecule has 138 valence electrons. The molecule has 1 aliphatic heterocycles. The molecule has 0 saturated heterocycles. The molecule has 3 rings (SSSR count). The van der Waals surface area contributed by atoms with Gasteiger partial charge < -0.3 is 14.8 Å². The van der Waals surface area contributed by atoms with E-state index in [1.165, 1.54) is 4.88 Å². The van der Waals surface area contributed by atoms with E-state index >= 15 is 0 Å². The van der Waals surface area contributed by atoms with Gasteiger partial charge in [-0.1, -0.05) is 6.07 Å². The number of rotatable bonds is 5. The number of ether oxygens (including phenoxy) is 2. The molecule has 2 heterocycles. The van der Waals surface area contributed by atoms with Crippen molar-refractivity contribution < 1.29 is 19.1 Å². The lowest BCUT2D eigenvalue weighted by atomic mass is 10.2. The van der Waals surface area contributed by atoms with Crippen LogP contribution in [0.5, 0.6) is 11.5 Å². The predicted octanol–water partition coefficient (Wildman–Crippen LogP) is 2.86. The summed E-state index contributed by atoms with van der Waals surface area (Å²) in [4.78, 5) is 27.2. The monoisotopic (exact) mass is 375 g/mol. The van der Waals surface area contributed by atoms with Crippen molar-refractivity contribution in [3.63, 3.8) is 0 Å². The standard InChI is InChI=1S/C18H21N3O4S/c1-12(16-4-3-9-26-16)21(2)11-17(22)20-18(23)19-13-5-6-14-15(10-13)25-8-7-24-14/h3-6,9-10,12H,7-8,11H2,1-2H3,(H2,19,20,22,23). The highest BCUT2D eigenvalue weighted by Gasteiger charge is 2.18. The molecule has 1 aromatic carbocycles. The molecule has 1 unspecified atom stereocenters. The van der Waals surface area contributed by atoms with Crippen LogP contribution in [0.4, 0.5) is 10.5 Å². The Balaban J connectivity index is 1.50. The lowest BCUT2D eigenvalue weighted by Gasteiger charge is -2.23. The van der Waals surface area contributed by atoms with Gasteiger partial charge in [0.1, 0.15) is 13.2 Å². The first-order valence-corrected chi connectivity index (χ1v) is 9.15. The van der Waals surface area contributed by atoms with Crippen molar-refractivity contribution in [2.75, 3.05) is 32.1 Å². The Morgan fingerprint density at radius 2 is 2.00 bits per heavy atom. The fourth-order valence-electron chi connectivity index (χ4n) is 2.56. The average Bonchev–Trinajstić information content (AvgIpc) is 3.15. The van der Waals surface area contributed by atoms with Crippen molar-refractivity contribution in [2.45, 2.75) is 13.0 Å². The number of carbonyl (C=O) groups is 2. The fourth-order valence-corrected chi connectivity index (χ4v) is 3.41. The van der Waals surface area contributed by atoms with E-state index in [9.17, 15) is 9.59 Å². The van der Waals surface area contributed by atoms with Gasteiger partial charge in [-0.15, -0.1) is 11.3 Å². The first kappa shape index (κ1) is 18.2. The summed E-state index contributed by atoms with van der Waals surface area (Å²) in [7, 11) is 1.85. The number of carbonyl (C=O) groups excluding carboxylic acids is 2. The van der Waals surface area contributed by atoms with Crippen LogP contribution < -0.4 is 20.1 Å². The molecule has 8 heteroatoms. The zero-order valence-corrected chi connectivity index (χ0v) is 15.5. The van der Waals surface area contributed by atoms with Crippen LogP contribution in [-0.2, 0) is 4.79 Å². The molecule has 0 spiro atoms. The molecular weight excluding hydrogens is 354 g/mol. The van der Waals surface area contributed by atoms with E-state index in [4.69, 9.17) is 9.47 Å². The van der Waals surface area contributed by atoms with Gasteiger partial charge in [0.25, 0.3) is 0 Å². The third kappa shape index (κ3) is 4.53. The summed E-state index contributed by atoms with van der Waals surface area (Å²) in [6, 6.07) is 8.61. The molecular formula is C18H21N3O4S. The number of fused-ring (bicyclic) bond motifs is 1. The highest BCUT2D eigenvalue weighted by atomic mass is 32.1. The maximum Gasteiger partial charge on any atom is 0.325 e. The third-order valence-electron chi connectivity index (χ3n) is 4.06. The summed E-state index contributed by atoms with van der Waals surface area (Å²) in [5, 5.41) is 6.97. The van der Waals surface area contributed by atoms with Crippen LogP contribution in [0.3, 0.4) is 0 Å². The molecule has 2 N–H and O–H groups in total. The summed E-state index contributed by atoms with van der Waals surface area (Å²) >= 11 is 1.64. The fraction of sp³-hybridized carbons (Fsp3) is 0.333. The average molecular weight is 375 g/mol. The Hall–Kier alpha value is -2.58. The first-order valence-electron chi connectivity index (χ1n) is 8.27. The van der Waals surface area contributed by atoms with Gasteiger partial charge in [0.05, 0.1) is 6.54 Å². The summed E-state index contributed by atoms with van der Waals surface area (Å²) in [6.07, 6.45) is 0. The normalized spacial score (nSPS) is 14.0. The smallest absolute Gasteiger partial charge is 0.325 e. The van der Waals surface area contributed by atoms with E-state index in [0.717, 1.165) is 0 Å². The van der Waals surface area contributed by atoms with Crippen molar-refractivity contribution in [3.05, 3.63) is 40.6 Å². The quantitative estimate of drug-likeness (QED) is 0.840. The summed E-state index contributed by atoms with van der Waals surface area (Å²) in [5.41, 5.74) is 0.528. The number of urea groups is 1. The van der Waals surface area contributed by atoms with E-state index in [1.807, 2.05) is 36.4 Å². The Morgan fingerprint density at radius 3 is 2.73 bits per heavy atom. The number of hydrogen-bond donors (Lipinski definition) is 2. The van der Waals surface area contributed by atoms with Crippen molar-refractivity contribution in [2.24, 2.45) is 0 Å². The van der Waals surface area contributed by atoms with Crippen LogP contribution in [0.2, 0.25) is 0 Å². The van der Waals surface area contributed by atoms with Crippen LogP contribution in [0.1, 0.15) is 17.8 Å².